The summed E-state index contributed by atoms with van der Waals surface area (Å²) in [7, 11) is 0. The topological polar surface area (TPSA) is 63.2 Å². The Kier molecular flexibility index (Phi) is 5.58. The molecule has 2 N–H and O–H groups in total. The SMILES string of the molecule is Cc1nc(CNC(=O)NC[C@@H]2CCO[C@H]2C(C)C)sc1C. The van der Waals surface area contributed by atoms with E-state index in [2.05, 4.69) is 29.5 Å². The lowest BCUT2D eigenvalue weighted by atomic mass is 9.93. The fourth-order valence-electron chi connectivity index (χ4n) is 2.67. The highest BCUT2D eigenvalue weighted by Crippen LogP contribution is 2.26. The van der Waals surface area contributed by atoms with E-state index in [9.17, 15) is 4.79 Å². The van der Waals surface area contributed by atoms with Crippen LogP contribution in [0.15, 0.2) is 0 Å². The molecule has 0 unspecified atom stereocenters. The second kappa shape index (κ2) is 7.22. The maximum absolute atomic E-state index is 11.9. The van der Waals surface area contributed by atoms with E-state index < -0.39 is 0 Å². The van der Waals surface area contributed by atoms with Crippen molar-refractivity contribution in [3.8, 4) is 0 Å². The summed E-state index contributed by atoms with van der Waals surface area (Å²) in [5, 5.41) is 6.76. The Balaban J connectivity index is 1.72. The normalized spacial score (nSPS) is 21.8. The fraction of sp³-hybridized carbons (Fsp3) is 0.733. The van der Waals surface area contributed by atoms with Gasteiger partial charge in [0.15, 0.2) is 0 Å². The Hall–Kier alpha value is -1.14. The van der Waals surface area contributed by atoms with Gasteiger partial charge in [-0.25, -0.2) is 9.78 Å². The number of amides is 2. The number of carbonyl (C=O) groups is 1. The van der Waals surface area contributed by atoms with Crippen LogP contribution in [0.4, 0.5) is 4.79 Å². The minimum atomic E-state index is -0.130. The number of aromatic nitrogens is 1. The van der Waals surface area contributed by atoms with E-state index in [0.29, 0.717) is 24.9 Å². The smallest absolute Gasteiger partial charge is 0.315 e. The van der Waals surface area contributed by atoms with Gasteiger partial charge in [0.2, 0.25) is 0 Å². The van der Waals surface area contributed by atoms with E-state index in [1.807, 2.05) is 13.8 Å². The molecule has 1 aliphatic heterocycles. The van der Waals surface area contributed by atoms with Crippen molar-refractivity contribution in [2.45, 2.75) is 46.8 Å². The van der Waals surface area contributed by atoms with Gasteiger partial charge in [-0.05, 0) is 26.2 Å². The molecule has 6 heteroatoms. The number of nitrogens with zero attached hydrogens (tertiary/aromatic N) is 1. The van der Waals surface area contributed by atoms with Gasteiger partial charge in [0, 0.05) is 23.9 Å². The summed E-state index contributed by atoms with van der Waals surface area (Å²) in [5.41, 5.74) is 1.04. The van der Waals surface area contributed by atoms with Crippen LogP contribution in [0.25, 0.3) is 0 Å². The number of rotatable bonds is 5. The molecule has 0 spiro atoms. The molecule has 5 nitrogen and oxygen atoms in total. The van der Waals surface area contributed by atoms with Crippen LogP contribution in [-0.2, 0) is 11.3 Å². The van der Waals surface area contributed by atoms with Crippen molar-refractivity contribution in [2.75, 3.05) is 13.2 Å². The van der Waals surface area contributed by atoms with Crippen molar-refractivity contribution < 1.29 is 9.53 Å². The number of hydrogen-bond acceptors (Lipinski definition) is 4. The summed E-state index contributed by atoms with van der Waals surface area (Å²) in [5.74, 6) is 0.906. The number of carbonyl (C=O) groups excluding carboxylic acids is 1. The first-order valence-electron chi connectivity index (χ1n) is 7.53. The van der Waals surface area contributed by atoms with E-state index >= 15 is 0 Å². The van der Waals surface area contributed by atoms with Crippen molar-refractivity contribution in [3.63, 3.8) is 0 Å². The number of hydrogen-bond donors (Lipinski definition) is 2. The molecular weight excluding hydrogens is 286 g/mol. The van der Waals surface area contributed by atoms with Crippen LogP contribution in [-0.4, -0.2) is 30.3 Å². The van der Waals surface area contributed by atoms with Crippen LogP contribution < -0.4 is 10.6 Å². The van der Waals surface area contributed by atoms with Crippen LogP contribution in [0.3, 0.4) is 0 Å². The third-order valence-electron chi connectivity index (χ3n) is 3.92. The monoisotopic (exact) mass is 311 g/mol. The van der Waals surface area contributed by atoms with Crippen LogP contribution in [0.5, 0.6) is 0 Å². The van der Waals surface area contributed by atoms with Crippen LogP contribution in [0, 0.1) is 25.7 Å². The molecule has 0 saturated carbocycles. The highest BCUT2D eigenvalue weighted by atomic mass is 32.1. The zero-order valence-corrected chi connectivity index (χ0v) is 14.0. The molecule has 0 radical (unpaired) electrons. The van der Waals surface area contributed by atoms with E-state index in [0.717, 1.165) is 23.7 Å². The van der Waals surface area contributed by atoms with Crippen molar-refractivity contribution in [2.24, 2.45) is 11.8 Å². The van der Waals surface area contributed by atoms with Crippen LogP contribution >= 0.6 is 11.3 Å². The summed E-state index contributed by atoms with van der Waals surface area (Å²) in [6, 6.07) is -0.130. The summed E-state index contributed by atoms with van der Waals surface area (Å²) >= 11 is 1.63. The summed E-state index contributed by atoms with van der Waals surface area (Å²) in [6.45, 7) is 10.3. The second-order valence-electron chi connectivity index (χ2n) is 5.94. The number of urea groups is 1. The van der Waals surface area contributed by atoms with E-state index in [1.54, 1.807) is 11.3 Å². The standard InChI is InChI=1S/C15H25N3O2S/c1-9(2)14-12(5-6-20-14)7-16-15(19)17-8-13-18-10(3)11(4)21-13/h9,12,14H,5-8H2,1-4H3,(H2,16,17,19)/t12-,14-/m0/s1. The maximum Gasteiger partial charge on any atom is 0.315 e. The molecule has 1 fully saturated rings. The molecule has 2 heterocycles. The second-order valence-corrected chi connectivity index (χ2v) is 7.23. The quantitative estimate of drug-likeness (QED) is 0.878. The summed E-state index contributed by atoms with van der Waals surface area (Å²) in [6.07, 6.45) is 1.28. The largest absolute Gasteiger partial charge is 0.378 e. The molecule has 1 saturated heterocycles. The molecule has 1 aliphatic rings. The maximum atomic E-state index is 11.9. The van der Waals surface area contributed by atoms with Crippen LogP contribution in [0.2, 0.25) is 0 Å². The average Bonchev–Trinajstić information content (AvgIpc) is 3.01. The first-order chi connectivity index (χ1) is 9.97. The fourth-order valence-corrected chi connectivity index (χ4v) is 3.54. The lowest BCUT2D eigenvalue weighted by Crippen LogP contribution is -2.40. The zero-order valence-electron chi connectivity index (χ0n) is 13.2. The van der Waals surface area contributed by atoms with Gasteiger partial charge in [0.1, 0.15) is 5.01 Å². The number of ether oxygens (including phenoxy) is 1. The first-order valence-corrected chi connectivity index (χ1v) is 8.35. The van der Waals surface area contributed by atoms with Crippen molar-refractivity contribution in [3.05, 3.63) is 15.6 Å². The van der Waals surface area contributed by atoms with Gasteiger partial charge < -0.3 is 15.4 Å². The Labute approximate surface area is 130 Å². The number of nitrogens with one attached hydrogen (secondary N) is 2. The molecule has 2 atom stereocenters. The highest BCUT2D eigenvalue weighted by molar-refractivity contribution is 7.11. The third kappa shape index (κ3) is 4.41. The van der Waals surface area contributed by atoms with Gasteiger partial charge >= 0.3 is 6.03 Å². The molecule has 0 bridgehead atoms. The molecule has 2 amide bonds. The Morgan fingerprint density at radius 2 is 2.19 bits per heavy atom. The first kappa shape index (κ1) is 16.2. The molecule has 21 heavy (non-hydrogen) atoms. The lowest BCUT2D eigenvalue weighted by molar-refractivity contribution is 0.0545. The van der Waals surface area contributed by atoms with Gasteiger partial charge in [-0.3, -0.25) is 0 Å². The van der Waals surface area contributed by atoms with Gasteiger partial charge in [-0.15, -0.1) is 11.3 Å². The number of thiazole rings is 1. The molecule has 0 aliphatic carbocycles. The van der Waals surface area contributed by atoms with E-state index in [4.69, 9.17) is 4.74 Å². The summed E-state index contributed by atoms with van der Waals surface area (Å²) < 4.78 is 5.72. The Morgan fingerprint density at radius 1 is 1.43 bits per heavy atom. The zero-order chi connectivity index (χ0) is 15.4. The van der Waals surface area contributed by atoms with Crippen LogP contribution in [0.1, 0.15) is 35.8 Å². The molecule has 1 aromatic rings. The molecule has 0 aromatic carbocycles. The molecule has 2 rings (SSSR count). The van der Waals surface area contributed by atoms with Gasteiger partial charge in [0.25, 0.3) is 0 Å². The average molecular weight is 311 g/mol. The van der Waals surface area contributed by atoms with Gasteiger partial charge in [-0.1, -0.05) is 13.8 Å². The van der Waals surface area contributed by atoms with E-state index in [-0.39, 0.29) is 12.1 Å². The Bertz CT molecular complexity index is 468. The predicted octanol–water partition coefficient (Wildman–Crippen LogP) is 2.62. The lowest BCUT2D eigenvalue weighted by Gasteiger charge is -2.22. The third-order valence-corrected chi connectivity index (χ3v) is 4.99. The van der Waals surface area contributed by atoms with E-state index in [1.165, 1.54) is 4.88 Å². The number of aryl methyl sites for hydroxylation is 2. The van der Waals surface area contributed by atoms with Gasteiger partial charge in [0.05, 0.1) is 18.3 Å². The molecule has 1 aromatic heterocycles. The molecular formula is C15H25N3O2S. The van der Waals surface area contributed by atoms with Crippen molar-refractivity contribution in [1.82, 2.24) is 15.6 Å². The van der Waals surface area contributed by atoms with Crippen molar-refractivity contribution >= 4 is 17.4 Å². The molecule has 118 valence electrons. The van der Waals surface area contributed by atoms with Crippen molar-refractivity contribution in [1.29, 1.82) is 0 Å². The minimum absolute atomic E-state index is 0.130. The highest BCUT2D eigenvalue weighted by Gasteiger charge is 2.30. The Morgan fingerprint density at radius 3 is 2.81 bits per heavy atom. The predicted molar refractivity (Wildman–Crippen MR) is 84.5 cm³/mol. The summed E-state index contributed by atoms with van der Waals surface area (Å²) in [4.78, 5) is 17.5. The van der Waals surface area contributed by atoms with Gasteiger partial charge in [-0.2, -0.15) is 0 Å². The minimum Gasteiger partial charge on any atom is -0.378 e.